The minimum atomic E-state index is -0.471. The Morgan fingerprint density at radius 1 is 1.50 bits per heavy atom. The van der Waals surface area contributed by atoms with E-state index in [2.05, 4.69) is 6.07 Å². The largest absolute Gasteiger partial charge is 0.462 e. The molecular weight excluding hydrogens is 182 g/mol. The van der Waals surface area contributed by atoms with E-state index in [1.165, 1.54) is 6.92 Å². The molecular formula is C10H13NO3. The average Bonchev–Trinajstić information content (AvgIpc) is 2.50. The number of hydrogen-bond donors (Lipinski definition) is 0. The lowest BCUT2D eigenvalue weighted by Crippen LogP contribution is -2.17. The molecule has 0 aromatic rings. The molecule has 1 aliphatic carbocycles. The van der Waals surface area contributed by atoms with Crippen molar-refractivity contribution in [3.8, 4) is 6.07 Å². The normalized spacial score (nSPS) is 25.4. The average molecular weight is 195 g/mol. The van der Waals surface area contributed by atoms with Gasteiger partial charge < -0.3 is 4.74 Å². The molecule has 0 saturated heterocycles. The van der Waals surface area contributed by atoms with Crippen molar-refractivity contribution in [3.05, 3.63) is 0 Å². The van der Waals surface area contributed by atoms with E-state index >= 15 is 0 Å². The molecule has 1 fully saturated rings. The fourth-order valence-electron chi connectivity index (χ4n) is 1.60. The number of hydrogen-bond acceptors (Lipinski definition) is 4. The fraction of sp³-hybridized carbons (Fsp3) is 0.700. The summed E-state index contributed by atoms with van der Waals surface area (Å²) >= 11 is 0. The maximum absolute atomic E-state index is 11.1. The van der Waals surface area contributed by atoms with Crippen molar-refractivity contribution in [1.29, 1.82) is 5.26 Å². The number of ketones is 1. The van der Waals surface area contributed by atoms with Crippen LogP contribution in [-0.4, -0.2) is 17.9 Å². The first-order valence-corrected chi connectivity index (χ1v) is 4.70. The van der Waals surface area contributed by atoms with Gasteiger partial charge >= 0.3 is 5.97 Å². The first-order chi connectivity index (χ1) is 6.61. The van der Waals surface area contributed by atoms with Gasteiger partial charge in [0.2, 0.25) is 0 Å². The van der Waals surface area contributed by atoms with Gasteiger partial charge in [-0.1, -0.05) is 0 Å². The summed E-state index contributed by atoms with van der Waals surface area (Å²) in [7, 11) is 0. The van der Waals surface area contributed by atoms with E-state index in [0.29, 0.717) is 6.42 Å². The van der Waals surface area contributed by atoms with Crippen LogP contribution >= 0.6 is 0 Å². The summed E-state index contributed by atoms with van der Waals surface area (Å²) < 4.78 is 5.04. The lowest BCUT2D eigenvalue weighted by atomic mass is 10.1. The second kappa shape index (κ2) is 4.75. The molecule has 0 heterocycles. The van der Waals surface area contributed by atoms with Gasteiger partial charge in [0, 0.05) is 12.3 Å². The number of ether oxygens (including phenoxy) is 1. The zero-order valence-electron chi connectivity index (χ0n) is 8.16. The smallest absolute Gasteiger partial charge is 0.313 e. The van der Waals surface area contributed by atoms with Crippen molar-refractivity contribution in [1.82, 2.24) is 0 Å². The second-order valence-corrected chi connectivity index (χ2v) is 3.63. The van der Waals surface area contributed by atoms with Crippen molar-refractivity contribution in [3.63, 3.8) is 0 Å². The van der Waals surface area contributed by atoms with E-state index in [9.17, 15) is 9.59 Å². The van der Waals surface area contributed by atoms with Crippen molar-refractivity contribution >= 4 is 11.8 Å². The summed E-state index contributed by atoms with van der Waals surface area (Å²) in [6, 6.07) is 2.15. The van der Waals surface area contributed by atoms with Crippen LogP contribution in [-0.2, 0) is 14.3 Å². The number of carbonyl (C=O) groups is 2. The fourth-order valence-corrected chi connectivity index (χ4v) is 1.60. The molecule has 4 nitrogen and oxygen atoms in total. The van der Waals surface area contributed by atoms with Crippen LogP contribution < -0.4 is 0 Å². The van der Waals surface area contributed by atoms with Gasteiger partial charge in [0.25, 0.3) is 0 Å². The number of rotatable bonds is 3. The van der Waals surface area contributed by atoms with E-state index in [1.807, 2.05) is 0 Å². The van der Waals surface area contributed by atoms with Gasteiger partial charge in [-0.25, -0.2) is 0 Å². The van der Waals surface area contributed by atoms with E-state index in [0.717, 1.165) is 12.8 Å². The van der Waals surface area contributed by atoms with E-state index < -0.39 is 5.97 Å². The summed E-state index contributed by atoms with van der Waals surface area (Å²) in [6.45, 7) is 1.36. The molecule has 0 radical (unpaired) electrons. The molecule has 1 rings (SSSR count). The van der Waals surface area contributed by atoms with Gasteiger partial charge in [0.15, 0.2) is 0 Å². The number of nitrogens with zero attached hydrogens (tertiary/aromatic N) is 1. The van der Waals surface area contributed by atoms with Gasteiger partial charge in [-0.2, -0.15) is 5.26 Å². The molecule has 0 aromatic heterocycles. The summed E-state index contributed by atoms with van der Waals surface area (Å²) in [6.07, 6.45) is 1.82. The van der Waals surface area contributed by atoms with E-state index in [4.69, 9.17) is 10.00 Å². The number of nitriles is 1. The zero-order valence-corrected chi connectivity index (χ0v) is 8.16. The molecule has 1 saturated carbocycles. The van der Waals surface area contributed by atoms with Crippen molar-refractivity contribution < 1.29 is 14.3 Å². The molecule has 76 valence electrons. The van der Waals surface area contributed by atoms with Crippen molar-refractivity contribution in [2.24, 2.45) is 5.92 Å². The van der Waals surface area contributed by atoms with Crippen LogP contribution in [0.3, 0.4) is 0 Å². The van der Waals surface area contributed by atoms with Gasteiger partial charge in [-0.15, -0.1) is 0 Å². The molecule has 2 unspecified atom stereocenters. The Balaban J connectivity index is 2.29. The first kappa shape index (κ1) is 10.7. The highest BCUT2D eigenvalue weighted by Crippen LogP contribution is 2.27. The molecule has 14 heavy (non-hydrogen) atoms. The van der Waals surface area contributed by atoms with Crippen LogP contribution in [0.4, 0.5) is 0 Å². The van der Waals surface area contributed by atoms with Crippen molar-refractivity contribution in [2.45, 2.75) is 38.7 Å². The molecule has 4 heteroatoms. The quantitative estimate of drug-likeness (QED) is 0.501. The lowest BCUT2D eigenvalue weighted by molar-refractivity contribution is -0.150. The van der Waals surface area contributed by atoms with Crippen molar-refractivity contribution in [2.75, 3.05) is 0 Å². The molecule has 0 amide bonds. The molecule has 1 aliphatic rings. The maximum Gasteiger partial charge on any atom is 0.313 e. The summed E-state index contributed by atoms with van der Waals surface area (Å²) in [5, 5.41) is 8.62. The van der Waals surface area contributed by atoms with Crippen LogP contribution in [0.5, 0.6) is 0 Å². The van der Waals surface area contributed by atoms with E-state index in [1.54, 1.807) is 0 Å². The van der Waals surface area contributed by atoms with Gasteiger partial charge in [0.1, 0.15) is 18.3 Å². The molecule has 2 atom stereocenters. The second-order valence-electron chi connectivity index (χ2n) is 3.63. The van der Waals surface area contributed by atoms with Gasteiger partial charge in [-0.3, -0.25) is 9.59 Å². The third-order valence-electron chi connectivity index (χ3n) is 2.26. The number of carbonyl (C=O) groups excluding carboxylic acids is 2. The Labute approximate surface area is 82.8 Å². The topological polar surface area (TPSA) is 67.2 Å². The SMILES string of the molecule is CC(=O)CC(=O)OC1CCC(C#N)C1. The van der Waals surface area contributed by atoms with Crippen LogP contribution in [0.15, 0.2) is 0 Å². The highest BCUT2D eigenvalue weighted by molar-refractivity contribution is 5.94. The Hall–Kier alpha value is -1.37. The maximum atomic E-state index is 11.1. The van der Waals surface area contributed by atoms with Gasteiger partial charge in [-0.05, 0) is 19.8 Å². The zero-order chi connectivity index (χ0) is 10.6. The molecule has 0 N–H and O–H groups in total. The number of esters is 1. The predicted molar refractivity (Wildman–Crippen MR) is 48.1 cm³/mol. The minimum Gasteiger partial charge on any atom is -0.462 e. The Morgan fingerprint density at radius 3 is 2.71 bits per heavy atom. The predicted octanol–water partition coefficient (Wildman–Crippen LogP) is 1.20. The molecule has 0 aromatic carbocycles. The van der Waals surface area contributed by atoms with Crippen LogP contribution in [0.25, 0.3) is 0 Å². The minimum absolute atomic E-state index is 0.00475. The summed E-state index contributed by atoms with van der Waals surface area (Å²) in [5.74, 6) is -0.656. The molecule has 0 aliphatic heterocycles. The number of Topliss-reactive ketones (excluding diaryl/α,β-unsaturated/α-hetero) is 1. The third kappa shape index (κ3) is 3.17. The highest BCUT2D eigenvalue weighted by Gasteiger charge is 2.27. The molecule has 0 bridgehead atoms. The lowest BCUT2D eigenvalue weighted by Gasteiger charge is -2.10. The highest BCUT2D eigenvalue weighted by atomic mass is 16.5. The molecule has 0 spiro atoms. The van der Waals surface area contributed by atoms with Gasteiger partial charge in [0.05, 0.1) is 6.07 Å². The van der Waals surface area contributed by atoms with E-state index in [-0.39, 0.29) is 24.2 Å². The Bertz CT molecular complexity index is 280. The Morgan fingerprint density at radius 2 is 2.21 bits per heavy atom. The van der Waals surface area contributed by atoms with Crippen LogP contribution in [0.1, 0.15) is 32.6 Å². The Kier molecular flexibility index (Phi) is 3.63. The van der Waals surface area contributed by atoms with Crippen LogP contribution in [0, 0.1) is 17.2 Å². The first-order valence-electron chi connectivity index (χ1n) is 4.70. The van der Waals surface area contributed by atoms with Crippen LogP contribution in [0.2, 0.25) is 0 Å². The third-order valence-corrected chi connectivity index (χ3v) is 2.26. The standard InChI is InChI=1S/C10H13NO3/c1-7(12)4-10(13)14-9-3-2-8(5-9)6-11/h8-9H,2-5H2,1H3. The monoisotopic (exact) mass is 195 g/mol. The summed E-state index contributed by atoms with van der Waals surface area (Å²) in [4.78, 5) is 21.7. The summed E-state index contributed by atoms with van der Waals surface area (Å²) in [5.41, 5.74) is 0.